The van der Waals surface area contributed by atoms with Crippen LogP contribution >= 0.6 is 0 Å². The normalized spacial score (nSPS) is 20.3. The van der Waals surface area contributed by atoms with Crippen LogP contribution in [0.1, 0.15) is 48.5 Å². The summed E-state index contributed by atoms with van der Waals surface area (Å²) in [5, 5.41) is 14.9. The van der Waals surface area contributed by atoms with Gasteiger partial charge >= 0.3 is 0 Å². The van der Waals surface area contributed by atoms with Crippen molar-refractivity contribution >= 4 is 17.3 Å². The summed E-state index contributed by atoms with van der Waals surface area (Å²) in [5.74, 6) is 0.273. The Bertz CT molecular complexity index is 596. The van der Waals surface area contributed by atoms with Gasteiger partial charge in [0.1, 0.15) is 0 Å². The predicted octanol–water partition coefficient (Wildman–Crippen LogP) is 3.20. The lowest BCUT2D eigenvalue weighted by Crippen LogP contribution is -2.22. The molecule has 1 amide bonds. The first kappa shape index (κ1) is 15.2. The fraction of sp³-hybridized carbons (Fsp3) is 0.467. The summed E-state index contributed by atoms with van der Waals surface area (Å²) in [6.45, 7) is 3.79. The van der Waals surface area contributed by atoms with Crippen LogP contribution in [-0.2, 0) is 0 Å². The number of aryl methyl sites for hydroxylation is 1. The molecule has 1 N–H and O–H groups in total. The number of benzene rings is 1. The number of hydrogen-bond acceptors (Lipinski definition) is 4. The Morgan fingerprint density at radius 3 is 2.86 bits per heavy atom. The fourth-order valence-corrected chi connectivity index (χ4v) is 2.56. The lowest BCUT2D eigenvalue weighted by molar-refractivity contribution is -0.385. The first-order valence-electron chi connectivity index (χ1n) is 7.08. The van der Waals surface area contributed by atoms with Crippen LogP contribution < -0.4 is 5.43 Å². The lowest BCUT2D eigenvalue weighted by atomic mass is 9.89. The molecule has 1 aliphatic carbocycles. The third-order valence-electron chi connectivity index (χ3n) is 3.72. The van der Waals surface area contributed by atoms with Crippen molar-refractivity contribution in [2.24, 2.45) is 11.0 Å². The van der Waals surface area contributed by atoms with Gasteiger partial charge in [-0.25, -0.2) is 5.43 Å². The van der Waals surface area contributed by atoms with Crippen LogP contribution in [0.25, 0.3) is 0 Å². The average molecular weight is 289 g/mol. The maximum atomic E-state index is 12.0. The molecular weight excluding hydrogens is 270 g/mol. The minimum atomic E-state index is -0.458. The summed E-state index contributed by atoms with van der Waals surface area (Å²) in [5.41, 5.74) is 4.42. The quantitative estimate of drug-likeness (QED) is 0.685. The number of amides is 1. The van der Waals surface area contributed by atoms with Crippen LogP contribution in [0.3, 0.4) is 0 Å². The Morgan fingerprint density at radius 2 is 2.24 bits per heavy atom. The van der Waals surface area contributed by atoms with Gasteiger partial charge in [-0.15, -0.1) is 0 Å². The lowest BCUT2D eigenvalue weighted by Gasteiger charge is -2.18. The summed E-state index contributed by atoms with van der Waals surface area (Å²) in [6.07, 6.45) is 4.14. The number of nitro groups is 1. The second kappa shape index (κ2) is 6.47. The molecule has 0 bridgehead atoms. The Hall–Kier alpha value is -2.24. The Labute approximate surface area is 123 Å². The zero-order valence-corrected chi connectivity index (χ0v) is 12.3. The number of carbonyl (C=O) groups is 1. The van der Waals surface area contributed by atoms with E-state index in [1.807, 2.05) is 0 Å². The predicted molar refractivity (Wildman–Crippen MR) is 80.4 cm³/mol. The topological polar surface area (TPSA) is 84.6 Å². The second-order valence-corrected chi connectivity index (χ2v) is 5.58. The number of carbonyl (C=O) groups excluding carboxylic acids is 1. The molecule has 0 aromatic heterocycles. The van der Waals surface area contributed by atoms with E-state index in [1.54, 1.807) is 6.92 Å². The molecule has 1 aromatic carbocycles. The highest BCUT2D eigenvalue weighted by molar-refractivity contribution is 5.96. The van der Waals surface area contributed by atoms with E-state index in [2.05, 4.69) is 17.5 Å². The first-order valence-corrected chi connectivity index (χ1v) is 7.08. The molecule has 6 nitrogen and oxygen atoms in total. The molecule has 1 unspecified atom stereocenters. The molecular formula is C15H19N3O3. The highest BCUT2D eigenvalue weighted by Crippen LogP contribution is 2.21. The molecule has 0 spiro atoms. The van der Waals surface area contributed by atoms with Gasteiger partial charge < -0.3 is 0 Å². The SMILES string of the molecule is Cc1cc(C(=O)N/N=C2/CCCC(C)C2)ccc1[N+](=O)[O-]. The molecule has 0 saturated heterocycles. The Morgan fingerprint density at radius 1 is 1.48 bits per heavy atom. The van der Waals surface area contributed by atoms with Gasteiger partial charge in [0.25, 0.3) is 11.6 Å². The molecule has 6 heteroatoms. The smallest absolute Gasteiger partial charge is 0.267 e. The van der Waals surface area contributed by atoms with Crippen LogP contribution in [0.15, 0.2) is 23.3 Å². The van der Waals surface area contributed by atoms with Gasteiger partial charge in [-0.3, -0.25) is 14.9 Å². The van der Waals surface area contributed by atoms with Gasteiger partial charge in [-0.2, -0.15) is 5.10 Å². The number of hydrazone groups is 1. The molecule has 0 radical (unpaired) electrons. The van der Waals surface area contributed by atoms with Crippen LogP contribution in [0, 0.1) is 23.0 Å². The standard InChI is InChI=1S/C15H19N3O3/c1-10-4-3-5-13(8-10)16-17-15(19)12-6-7-14(18(20)21)11(2)9-12/h6-7,9-10H,3-5,8H2,1-2H3,(H,17,19)/b16-13-. The number of nitro benzene ring substituents is 1. The van der Waals surface area contributed by atoms with Crippen LogP contribution in [0.5, 0.6) is 0 Å². The van der Waals surface area contributed by atoms with Gasteiger partial charge in [-0.1, -0.05) is 6.92 Å². The highest BCUT2D eigenvalue weighted by atomic mass is 16.6. The summed E-state index contributed by atoms with van der Waals surface area (Å²) in [4.78, 5) is 22.3. The van der Waals surface area contributed by atoms with Gasteiger partial charge in [0.15, 0.2) is 0 Å². The van der Waals surface area contributed by atoms with Crippen molar-refractivity contribution in [2.45, 2.75) is 39.5 Å². The van der Waals surface area contributed by atoms with Crippen molar-refractivity contribution in [2.75, 3.05) is 0 Å². The highest BCUT2D eigenvalue weighted by Gasteiger charge is 2.16. The zero-order valence-electron chi connectivity index (χ0n) is 12.3. The largest absolute Gasteiger partial charge is 0.272 e. The average Bonchev–Trinajstić information content (AvgIpc) is 2.44. The molecule has 1 atom stereocenters. The first-order chi connectivity index (χ1) is 9.97. The van der Waals surface area contributed by atoms with Crippen LogP contribution in [-0.4, -0.2) is 16.5 Å². The van der Waals surface area contributed by atoms with Crippen LogP contribution in [0.4, 0.5) is 5.69 Å². The fourth-order valence-electron chi connectivity index (χ4n) is 2.56. The Kier molecular flexibility index (Phi) is 4.67. The summed E-state index contributed by atoms with van der Waals surface area (Å²) < 4.78 is 0. The van der Waals surface area contributed by atoms with Crippen LogP contribution in [0.2, 0.25) is 0 Å². The number of rotatable bonds is 3. The molecule has 2 rings (SSSR count). The van der Waals surface area contributed by atoms with Crippen molar-refractivity contribution in [1.82, 2.24) is 5.43 Å². The van der Waals surface area contributed by atoms with E-state index in [4.69, 9.17) is 0 Å². The van der Waals surface area contributed by atoms with Crippen molar-refractivity contribution in [1.29, 1.82) is 0 Å². The van der Waals surface area contributed by atoms with E-state index >= 15 is 0 Å². The maximum absolute atomic E-state index is 12.0. The molecule has 0 aliphatic heterocycles. The van der Waals surface area contributed by atoms with Crippen molar-refractivity contribution in [3.05, 3.63) is 39.4 Å². The maximum Gasteiger partial charge on any atom is 0.272 e. The summed E-state index contributed by atoms with van der Waals surface area (Å²) >= 11 is 0. The summed E-state index contributed by atoms with van der Waals surface area (Å²) in [7, 11) is 0. The molecule has 112 valence electrons. The van der Waals surface area contributed by atoms with Crippen molar-refractivity contribution < 1.29 is 9.72 Å². The van der Waals surface area contributed by atoms with E-state index in [0.29, 0.717) is 17.0 Å². The monoisotopic (exact) mass is 289 g/mol. The minimum Gasteiger partial charge on any atom is -0.267 e. The van der Waals surface area contributed by atoms with Crippen molar-refractivity contribution in [3.63, 3.8) is 0 Å². The van der Waals surface area contributed by atoms with E-state index < -0.39 is 4.92 Å². The summed E-state index contributed by atoms with van der Waals surface area (Å²) in [6, 6.07) is 4.31. The molecule has 1 saturated carbocycles. The molecule has 1 aromatic rings. The molecule has 1 fully saturated rings. The van der Waals surface area contributed by atoms with Crippen molar-refractivity contribution in [3.8, 4) is 0 Å². The zero-order chi connectivity index (χ0) is 15.4. The van der Waals surface area contributed by atoms with Gasteiger partial charge in [0.2, 0.25) is 0 Å². The van der Waals surface area contributed by atoms with Gasteiger partial charge in [0, 0.05) is 22.9 Å². The third kappa shape index (κ3) is 3.87. The number of nitrogens with one attached hydrogen (secondary N) is 1. The van der Waals surface area contributed by atoms with E-state index in [-0.39, 0.29) is 11.6 Å². The minimum absolute atomic E-state index is 0.0129. The van der Waals surface area contributed by atoms with E-state index in [1.165, 1.54) is 24.6 Å². The molecule has 0 heterocycles. The second-order valence-electron chi connectivity index (χ2n) is 5.58. The molecule has 1 aliphatic rings. The third-order valence-corrected chi connectivity index (χ3v) is 3.72. The number of hydrogen-bond donors (Lipinski definition) is 1. The van der Waals surface area contributed by atoms with E-state index in [0.717, 1.165) is 25.0 Å². The van der Waals surface area contributed by atoms with Gasteiger partial charge in [0.05, 0.1) is 4.92 Å². The number of nitrogens with zero attached hydrogens (tertiary/aromatic N) is 2. The Balaban J connectivity index is 2.05. The van der Waals surface area contributed by atoms with E-state index in [9.17, 15) is 14.9 Å². The molecule has 21 heavy (non-hydrogen) atoms. The van der Waals surface area contributed by atoms with Gasteiger partial charge in [-0.05, 0) is 50.7 Å².